The summed E-state index contributed by atoms with van der Waals surface area (Å²) >= 11 is 0. The molecule has 20 heavy (non-hydrogen) atoms. The summed E-state index contributed by atoms with van der Waals surface area (Å²) in [7, 11) is -1.29. The number of hydrogen-bond donors (Lipinski definition) is 1. The lowest BCUT2D eigenvalue weighted by Gasteiger charge is -2.26. The van der Waals surface area contributed by atoms with Gasteiger partial charge < -0.3 is 5.73 Å². The van der Waals surface area contributed by atoms with Gasteiger partial charge in [0.15, 0.2) is 9.84 Å². The minimum atomic E-state index is -3.08. The normalized spacial score (nSPS) is 25.4. The Morgan fingerprint density at radius 2 is 2.00 bits per heavy atom. The van der Waals surface area contributed by atoms with Gasteiger partial charge in [-0.1, -0.05) is 13.8 Å². The first-order valence-electron chi connectivity index (χ1n) is 6.85. The molecule has 1 aliphatic heterocycles. The molecule has 1 aromatic rings. The molecule has 1 atom stereocenters. The third kappa shape index (κ3) is 2.39. The molecule has 2 rings (SSSR count). The average molecular weight is 301 g/mol. The van der Waals surface area contributed by atoms with Gasteiger partial charge in [0.25, 0.3) is 5.56 Å². The smallest absolute Gasteiger partial charge is 0.290 e. The van der Waals surface area contributed by atoms with Crippen molar-refractivity contribution in [2.24, 2.45) is 13.0 Å². The molecule has 0 radical (unpaired) electrons. The van der Waals surface area contributed by atoms with Gasteiger partial charge in [0, 0.05) is 7.05 Å². The second-order valence-corrected chi connectivity index (χ2v) is 8.62. The Morgan fingerprint density at radius 3 is 2.45 bits per heavy atom. The topological polar surface area (TPSA) is 87.1 Å². The van der Waals surface area contributed by atoms with E-state index in [2.05, 4.69) is 13.8 Å². The van der Waals surface area contributed by atoms with Crippen LogP contribution in [0.25, 0.3) is 0 Å². The van der Waals surface area contributed by atoms with Crippen molar-refractivity contribution < 1.29 is 8.42 Å². The maximum Gasteiger partial charge on any atom is 0.290 e. The fourth-order valence-electron chi connectivity index (χ4n) is 3.07. The van der Waals surface area contributed by atoms with Crippen molar-refractivity contribution in [2.75, 3.05) is 17.2 Å². The number of nitrogen functional groups attached to an aromatic ring is 1. The van der Waals surface area contributed by atoms with E-state index in [1.54, 1.807) is 11.7 Å². The summed E-state index contributed by atoms with van der Waals surface area (Å²) in [4.78, 5) is 12.4. The lowest BCUT2D eigenvalue weighted by Crippen LogP contribution is -2.42. The molecule has 0 bridgehead atoms. The second-order valence-electron chi connectivity index (χ2n) is 6.44. The Bertz CT molecular complexity index is 684. The highest BCUT2D eigenvalue weighted by Crippen LogP contribution is 2.30. The van der Waals surface area contributed by atoms with Crippen LogP contribution in [0, 0.1) is 5.92 Å². The van der Waals surface area contributed by atoms with E-state index in [-0.39, 0.29) is 22.8 Å². The first-order valence-corrected chi connectivity index (χ1v) is 8.67. The maximum atomic E-state index is 12.4. The first-order chi connectivity index (χ1) is 9.07. The van der Waals surface area contributed by atoms with Crippen molar-refractivity contribution in [1.82, 2.24) is 9.36 Å². The number of aromatic nitrogens is 2. The summed E-state index contributed by atoms with van der Waals surface area (Å²) in [5.74, 6) is 0.498. The van der Waals surface area contributed by atoms with Crippen LogP contribution in [0.2, 0.25) is 0 Å². The molecule has 1 saturated heterocycles. The number of hydrogen-bond acceptors (Lipinski definition) is 4. The van der Waals surface area contributed by atoms with Gasteiger partial charge in [0.1, 0.15) is 5.69 Å². The molecule has 2 heterocycles. The Balaban J connectivity index is 2.57. The van der Waals surface area contributed by atoms with Crippen LogP contribution in [-0.4, -0.2) is 29.3 Å². The molecule has 0 aliphatic carbocycles. The van der Waals surface area contributed by atoms with Gasteiger partial charge in [0.2, 0.25) is 0 Å². The second kappa shape index (κ2) is 4.65. The molecule has 1 fully saturated rings. The van der Waals surface area contributed by atoms with Crippen LogP contribution in [0.1, 0.15) is 32.9 Å². The fourth-order valence-corrected chi connectivity index (χ4v) is 5.17. The summed E-state index contributed by atoms with van der Waals surface area (Å²) < 4.78 is 26.8. The lowest BCUT2D eigenvalue weighted by molar-refractivity contribution is 0.276. The van der Waals surface area contributed by atoms with Crippen molar-refractivity contribution >= 4 is 15.5 Å². The number of anilines is 1. The lowest BCUT2D eigenvalue weighted by atomic mass is 10.0. The van der Waals surface area contributed by atoms with Crippen molar-refractivity contribution in [2.45, 2.75) is 39.2 Å². The molecule has 1 aliphatic rings. The third-order valence-electron chi connectivity index (χ3n) is 4.02. The average Bonchev–Trinajstić information content (AvgIpc) is 2.69. The van der Waals surface area contributed by atoms with Crippen LogP contribution in [0.4, 0.5) is 5.69 Å². The molecule has 1 aromatic heterocycles. The van der Waals surface area contributed by atoms with Crippen LogP contribution < -0.4 is 11.3 Å². The Kier molecular flexibility index (Phi) is 3.52. The van der Waals surface area contributed by atoms with Gasteiger partial charge in [-0.15, -0.1) is 0 Å². The van der Waals surface area contributed by atoms with Gasteiger partial charge >= 0.3 is 0 Å². The van der Waals surface area contributed by atoms with E-state index in [9.17, 15) is 13.2 Å². The van der Waals surface area contributed by atoms with E-state index in [1.165, 1.54) is 4.68 Å². The summed E-state index contributed by atoms with van der Waals surface area (Å²) in [6, 6.07) is 0. The zero-order valence-electron chi connectivity index (χ0n) is 12.5. The van der Waals surface area contributed by atoms with Crippen LogP contribution in [-0.2, 0) is 28.8 Å². The molecule has 7 heteroatoms. The van der Waals surface area contributed by atoms with Crippen molar-refractivity contribution in [3.05, 3.63) is 16.0 Å². The fraction of sp³-hybridized carbons (Fsp3) is 0.769. The van der Waals surface area contributed by atoms with Gasteiger partial charge in [-0.3, -0.25) is 9.48 Å². The predicted molar refractivity (Wildman–Crippen MR) is 79.5 cm³/mol. The zero-order chi connectivity index (χ0) is 15.3. The van der Waals surface area contributed by atoms with E-state index in [0.29, 0.717) is 18.8 Å². The van der Waals surface area contributed by atoms with E-state index in [1.807, 2.05) is 6.92 Å². The van der Waals surface area contributed by atoms with E-state index < -0.39 is 15.4 Å². The van der Waals surface area contributed by atoms with Crippen molar-refractivity contribution in [3.63, 3.8) is 0 Å². The third-order valence-corrected chi connectivity index (χ3v) is 5.91. The molecule has 2 N–H and O–H groups in total. The highest BCUT2D eigenvalue weighted by molar-refractivity contribution is 7.91. The van der Waals surface area contributed by atoms with Crippen molar-refractivity contribution in [1.29, 1.82) is 0 Å². The predicted octanol–water partition coefficient (Wildman–Crippen LogP) is 0.501. The highest BCUT2D eigenvalue weighted by Gasteiger charge is 2.42. The Morgan fingerprint density at radius 1 is 1.40 bits per heavy atom. The molecule has 1 unspecified atom stereocenters. The van der Waals surface area contributed by atoms with Gasteiger partial charge in [-0.05, 0) is 25.7 Å². The SMILES string of the molecule is CC(C)Cc1c(N)c(=O)n(C2(C)CCS(=O)(=O)C2)n1C. The van der Waals surface area contributed by atoms with Crippen LogP contribution >= 0.6 is 0 Å². The minimum Gasteiger partial charge on any atom is -0.393 e. The minimum absolute atomic E-state index is 0.00167. The Labute approximate surface area is 119 Å². The van der Waals surface area contributed by atoms with Gasteiger partial charge in [-0.2, -0.15) is 0 Å². The molecule has 0 aromatic carbocycles. The molecule has 114 valence electrons. The first kappa shape index (κ1) is 15.2. The summed E-state index contributed by atoms with van der Waals surface area (Å²) in [6.07, 6.45) is 1.15. The number of sulfone groups is 1. The largest absolute Gasteiger partial charge is 0.393 e. The standard InChI is InChI=1S/C13H23N3O3S/c1-9(2)7-10-11(14)12(17)16(15(10)4)13(3)5-6-20(18,19)8-13/h9H,5-8,14H2,1-4H3. The number of rotatable bonds is 3. The van der Waals surface area contributed by atoms with Crippen LogP contribution in [0.3, 0.4) is 0 Å². The summed E-state index contributed by atoms with van der Waals surface area (Å²) in [5.41, 5.74) is 6.00. The van der Waals surface area contributed by atoms with Crippen LogP contribution in [0.15, 0.2) is 4.79 Å². The monoisotopic (exact) mass is 301 g/mol. The summed E-state index contributed by atoms with van der Waals surface area (Å²) in [5, 5.41) is 0. The maximum absolute atomic E-state index is 12.4. The Hall–Kier alpha value is -1.24. The van der Waals surface area contributed by atoms with Gasteiger partial charge in [-0.25, -0.2) is 13.1 Å². The molecule has 6 nitrogen and oxygen atoms in total. The molecular formula is C13H23N3O3S. The molecule has 0 saturated carbocycles. The molecule has 0 amide bonds. The van der Waals surface area contributed by atoms with Gasteiger partial charge in [0.05, 0.1) is 22.7 Å². The highest BCUT2D eigenvalue weighted by atomic mass is 32.2. The van der Waals surface area contributed by atoms with E-state index in [4.69, 9.17) is 5.73 Å². The van der Waals surface area contributed by atoms with E-state index >= 15 is 0 Å². The summed E-state index contributed by atoms with van der Waals surface area (Å²) in [6.45, 7) is 5.93. The zero-order valence-corrected chi connectivity index (χ0v) is 13.3. The molecular weight excluding hydrogens is 278 g/mol. The quantitative estimate of drug-likeness (QED) is 0.881. The number of nitrogens with two attached hydrogens (primary N) is 1. The van der Waals surface area contributed by atoms with Crippen molar-refractivity contribution in [3.8, 4) is 0 Å². The molecule has 0 spiro atoms. The number of nitrogens with zero attached hydrogens (tertiary/aromatic N) is 2. The van der Waals surface area contributed by atoms with E-state index in [0.717, 1.165) is 5.69 Å². The van der Waals surface area contributed by atoms with Crippen LogP contribution in [0.5, 0.6) is 0 Å².